The molecule has 3 aliphatic rings. The molecule has 0 bridgehead atoms. The van der Waals surface area contributed by atoms with Gasteiger partial charge < -0.3 is 0 Å². The average Bonchev–Trinajstić information content (AvgIpc) is 2.63. The van der Waals surface area contributed by atoms with E-state index in [4.69, 9.17) is 0 Å². The van der Waals surface area contributed by atoms with E-state index >= 15 is 0 Å². The lowest BCUT2D eigenvalue weighted by Crippen LogP contribution is -2.28. The van der Waals surface area contributed by atoms with Gasteiger partial charge in [0.1, 0.15) is 0 Å². The Morgan fingerprint density at radius 3 is 1.78 bits per heavy atom. The molecule has 0 aromatic rings. The molecule has 132 valence electrons. The molecule has 0 aromatic carbocycles. The van der Waals surface area contributed by atoms with Crippen LogP contribution in [0.3, 0.4) is 0 Å². The molecule has 0 amide bonds. The van der Waals surface area contributed by atoms with Gasteiger partial charge in [0.05, 0.1) is 0 Å². The van der Waals surface area contributed by atoms with E-state index in [1.54, 1.807) is 56.9 Å². The second kappa shape index (κ2) is 8.72. The second-order valence-corrected chi connectivity index (χ2v) is 8.99. The SMILES string of the molecule is CCCC1CCC(C2CCC(C3CC=C(CC)CC3)CC2)CC1. The third-order valence-electron chi connectivity index (χ3n) is 7.74. The van der Waals surface area contributed by atoms with Crippen molar-refractivity contribution < 1.29 is 0 Å². The van der Waals surface area contributed by atoms with Crippen LogP contribution >= 0.6 is 0 Å². The molecule has 0 spiro atoms. The first-order valence-corrected chi connectivity index (χ1v) is 11.0. The number of hydrogen-bond acceptors (Lipinski definition) is 0. The van der Waals surface area contributed by atoms with Crippen LogP contribution < -0.4 is 0 Å². The van der Waals surface area contributed by atoms with Crippen LogP contribution in [0.4, 0.5) is 0 Å². The van der Waals surface area contributed by atoms with E-state index in [-0.39, 0.29) is 0 Å². The Hall–Kier alpha value is -0.260. The smallest absolute Gasteiger partial charge is 0.0317 e. The fourth-order valence-electron chi connectivity index (χ4n) is 6.10. The van der Waals surface area contributed by atoms with Crippen LogP contribution in [0.25, 0.3) is 0 Å². The number of hydrogen-bond donors (Lipinski definition) is 0. The fourth-order valence-corrected chi connectivity index (χ4v) is 6.10. The summed E-state index contributed by atoms with van der Waals surface area (Å²) in [5, 5.41) is 0. The van der Waals surface area contributed by atoms with Crippen molar-refractivity contribution in [3.8, 4) is 0 Å². The van der Waals surface area contributed by atoms with Crippen LogP contribution in [0.15, 0.2) is 11.6 Å². The predicted octanol–water partition coefficient (Wildman–Crippen LogP) is 7.54. The van der Waals surface area contributed by atoms with Crippen LogP contribution in [0.1, 0.15) is 104 Å². The van der Waals surface area contributed by atoms with E-state index in [0.29, 0.717) is 0 Å². The summed E-state index contributed by atoms with van der Waals surface area (Å²) >= 11 is 0. The standard InChI is InChI=1S/C23H40/c1-3-5-19-8-12-21(13-9-19)23-16-14-22(15-17-23)20-10-6-18(4-2)7-11-20/h6,19-23H,3-5,7-17H2,1-2H3. The molecule has 2 saturated carbocycles. The van der Waals surface area contributed by atoms with Gasteiger partial charge in [-0.25, -0.2) is 0 Å². The maximum absolute atomic E-state index is 2.59. The Balaban J connectivity index is 1.40. The molecule has 3 rings (SSSR count). The van der Waals surface area contributed by atoms with Crippen LogP contribution in [0.5, 0.6) is 0 Å². The Bertz CT molecular complexity index is 363. The molecular weight excluding hydrogens is 276 g/mol. The summed E-state index contributed by atoms with van der Waals surface area (Å²) in [6, 6.07) is 0. The number of allylic oxidation sites excluding steroid dienone is 2. The van der Waals surface area contributed by atoms with Gasteiger partial charge in [-0.15, -0.1) is 0 Å². The Morgan fingerprint density at radius 1 is 0.739 bits per heavy atom. The van der Waals surface area contributed by atoms with Gasteiger partial charge in [0, 0.05) is 0 Å². The van der Waals surface area contributed by atoms with Crippen molar-refractivity contribution in [1.82, 2.24) is 0 Å². The molecule has 0 aliphatic heterocycles. The van der Waals surface area contributed by atoms with E-state index in [2.05, 4.69) is 19.9 Å². The van der Waals surface area contributed by atoms with E-state index in [0.717, 1.165) is 29.6 Å². The van der Waals surface area contributed by atoms with Gasteiger partial charge in [-0.2, -0.15) is 0 Å². The highest BCUT2D eigenvalue weighted by atomic mass is 14.4. The third kappa shape index (κ3) is 4.64. The maximum atomic E-state index is 2.59. The Morgan fingerprint density at radius 2 is 1.30 bits per heavy atom. The zero-order chi connectivity index (χ0) is 16.1. The highest BCUT2D eigenvalue weighted by molar-refractivity contribution is 5.06. The van der Waals surface area contributed by atoms with Crippen molar-refractivity contribution in [2.24, 2.45) is 29.6 Å². The molecule has 1 unspecified atom stereocenters. The van der Waals surface area contributed by atoms with Crippen molar-refractivity contribution >= 4 is 0 Å². The predicted molar refractivity (Wildman–Crippen MR) is 102 cm³/mol. The van der Waals surface area contributed by atoms with E-state index in [1.807, 2.05) is 0 Å². The van der Waals surface area contributed by atoms with Gasteiger partial charge in [-0.3, -0.25) is 0 Å². The summed E-state index contributed by atoms with van der Waals surface area (Å²) in [7, 11) is 0. The monoisotopic (exact) mass is 316 g/mol. The van der Waals surface area contributed by atoms with Crippen LogP contribution in [0.2, 0.25) is 0 Å². The topological polar surface area (TPSA) is 0 Å². The fraction of sp³-hybridized carbons (Fsp3) is 0.913. The van der Waals surface area contributed by atoms with Crippen molar-refractivity contribution in [3.63, 3.8) is 0 Å². The zero-order valence-corrected chi connectivity index (χ0v) is 15.9. The van der Waals surface area contributed by atoms with Crippen LogP contribution in [-0.2, 0) is 0 Å². The lowest BCUT2D eigenvalue weighted by Gasteiger charge is -2.40. The molecule has 0 nitrogen and oxygen atoms in total. The summed E-state index contributed by atoms with van der Waals surface area (Å²) in [5.41, 5.74) is 1.73. The third-order valence-corrected chi connectivity index (χ3v) is 7.74. The summed E-state index contributed by atoms with van der Waals surface area (Å²) < 4.78 is 0. The molecule has 0 heteroatoms. The first-order valence-electron chi connectivity index (χ1n) is 11.0. The zero-order valence-electron chi connectivity index (χ0n) is 15.9. The minimum Gasteiger partial charge on any atom is -0.0851 e. The van der Waals surface area contributed by atoms with Gasteiger partial charge in [0.15, 0.2) is 0 Å². The number of rotatable bonds is 5. The molecule has 3 aliphatic carbocycles. The molecule has 0 aromatic heterocycles. The van der Waals surface area contributed by atoms with E-state index in [9.17, 15) is 0 Å². The molecule has 23 heavy (non-hydrogen) atoms. The Labute approximate surface area is 145 Å². The first-order chi connectivity index (χ1) is 11.3. The van der Waals surface area contributed by atoms with Gasteiger partial charge in [-0.1, -0.05) is 51.2 Å². The van der Waals surface area contributed by atoms with Crippen molar-refractivity contribution in [1.29, 1.82) is 0 Å². The minimum atomic E-state index is 1.03. The Kier molecular flexibility index (Phi) is 6.66. The van der Waals surface area contributed by atoms with Crippen molar-refractivity contribution in [2.75, 3.05) is 0 Å². The second-order valence-electron chi connectivity index (χ2n) is 8.99. The lowest BCUT2D eigenvalue weighted by atomic mass is 9.65. The largest absolute Gasteiger partial charge is 0.0851 e. The van der Waals surface area contributed by atoms with E-state index in [1.165, 1.54) is 38.5 Å². The lowest BCUT2D eigenvalue weighted by molar-refractivity contribution is 0.120. The summed E-state index contributed by atoms with van der Waals surface area (Å²) in [5.74, 6) is 5.37. The maximum Gasteiger partial charge on any atom is -0.0317 e. The van der Waals surface area contributed by atoms with Crippen LogP contribution in [0, 0.1) is 29.6 Å². The molecule has 0 saturated heterocycles. The summed E-state index contributed by atoms with van der Waals surface area (Å²) in [6.07, 6.45) is 23.5. The van der Waals surface area contributed by atoms with Gasteiger partial charge in [-0.05, 0) is 93.8 Å². The van der Waals surface area contributed by atoms with Crippen molar-refractivity contribution in [3.05, 3.63) is 11.6 Å². The van der Waals surface area contributed by atoms with Gasteiger partial charge >= 0.3 is 0 Å². The highest BCUT2D eigenvalue weighted by Gasteiger charge is 2.33. The quantitative estimate of drug-likeness (QED) is 0.460. The molecule has 0 N–H and O–H groups in total. The minimum absolute atomic E-state index is 1.03. The molecule has 0 heterocycles. The average molecular weight is 317 g/mol. The molecule has 2 fully saturated rings. The summed E-state index contributed by atoms with van der Waals surface area (Å²) in [6.45, 7) is 4.68. The van der Waals surface area contributed by atoms with Gasteiger partial charge in [0.2, 0.25) is 0 Å². The molecule has 0 radical (unpaired) electrons. The molecule has 1 atom stereocenters. The van der Waals surface area contributed by atoms with Gasteiger partial charge in [0.25, 0.3) is 0 Å². The van der Waals surface area contributed by atoms with Crippen LogP contribution in [-0.4, -0.2) is 0 Å². The van der Waals surface area contributed by atoms with E-state index < -0.39 is 0 Å². The first kappa shape index (κ1) is 17.6. The molecular formula is C23H40. The summed E-state index contributed by atoms with van der Waals surface area (Å²) in [4.78, 5) is 0. The normalized spacial score (nSPS) is 39.0. The highest BCUT2D eigenvalue weighted by Crippen LogP contribution is 2.45. The van der Waals surface area contributed by atoms with Crippen molar-refractivity contribution in [2.45, 2.75) is 104 Å².